The van der Waals surface area contributed by atoms with Gasteiger partial charge in [0.25, 0.3) is 5.88 Å². The molecule has 0 spiro atoms. The molecule has 6 nitrogen and oxygen atoms in total. The summed E-state index contributed by atoms with van der Waals surface area (Å²) in [5.41, 5.74) is 0.721. The highest BCUT2D eigenvalue weighted by molar-refractivity contribution is 5.43. The lowest BCUT2D eigenvalue weighted by Gasteiger charge is -2.07. The molecule has 6 heteroatoms. The molecule has 0 radical (unpaired) electrons. The van der Waals surface area contributed by atoms with Gasteiger partial charge in [-0.15, -0.1) is 0 Å². The third-order valence-corrected chi connectivity index (χ3v) is 2.44. The Hall–Kier alpha value is -2.63. The minimum absolute atomic E-state index is 0.0480. The van der Waals surface area contributed by atoms with Gasteiger partial charge in [-0.1, -0.05) is 30.3 Å². The number of pyridine rings is 1. The zero-order valence-electron chi connectivity index (χ0n) is 10.3. The van der Waals surface area contributed by atoms with Gasteiger partial charge in [0, 0.05) is 12.1 Å². The summed E-state index contributed by atoms with van der Waals surface area (Å²) in [6.07, 6.45) is 0. The fraction of sp³-hybridized carbons (Fsp3) is 0.154. The smallest absolute Gasteiger partial charge is 0.331 e. The highest BCUT2D eigenvalue weighted by Gasteiger charge is 2.18. The van der Waals surface area contributed by atoms with Crippen molar-refractivity contribution in [1.82, 2.24) is 4.98 Å². The average Bonchev–Trinajstić information content (AvgIpc) is 2.45. The van der Waals surface area contributed by atoms with Crippen molar-refractivity contribution in [3.63, 3.8) is 0 Å². The van der Waals surface area contributed by atoms with Crippen molar-refractivity contribution in [2.45, 2.75) is 6.61 Å². The maximum atomic E-state index is 10.9. The topological polar surface area (TPSA) is 74.5 Å². The van der Waals surface area contributed by atoms with Crippen molar-refractivity contribution in [3.05, 3.63) is 58.1 Å². The summed E-state index contributed by atoms with van der Waals surface area (Å²) in [5, 5.41) is 10.9. The number of ether oxygens (including phenoxy) is 2. The number of hydrogen-bond donors (Lipinski definition) is 0. The molecule has 1 aromatic carbocycles. The van der Waals surface area contributed by atoms with Gasteiger partial charge in [-0.25, -0.2) is 0 Å². The fourth-order valence-corrected chi connectivity index (χ4v) is 1.50. The summed E-state index contributed by atoms with van der Waals surface area (Å²) >= 11 is 0. The van der Waals surface area contributed by atoms with Crippen molar-refractivity contribution in [2.75, 3.05) is 7.11 Å². The van der Waals surface area contributed by atoms with E-state index in [0.717, 1.165) is 5.56 Å². The number of hydrogen-bond acceptors (Lipinski definition) is 5. The Morgan fingerprint density at radius 2 is 1.95 bits per heavy atom. The molecule has 0 atom stereocenters. The first-order valence-electron chi connectivity index (χ1n) is 5.57. The highest BCUT2D eigenvalue weighted by atomic mass is 16.6. The fourth-order valence-electron chi connectivity index (χ4n) is 1.50. The number of benzene rings is 1. The van der Waals surface area contributed by atoms with Gasteiger partial charge in [0.15, 0.2) is 0 Å². The summed E-state index contributed by atoms with van der Waals surface area (Å²) in [6.45, 7) is 0.210. The molecule has 1 aromatic heterocycles. The van der Waals surface area contributed by atoms with E-state index < -0.39 is 4.92 Å². The van der Waals surface area contributed by atoms with Crippen LogP contribution in [0, 0.1) is 10.1 Å². The van der Waals surface area contributed by atoms with Gasteiger partial charge < -0.3 is 9.47 Å². The lowest BCUT2D eigenvalue weighted by molar-refractivity contribution is -0.386. The standard InChI is InChI=1S/C13H12N2O4/c1-18-12-8-7-11(15(16)17)13(14-12)19-9-10-5-3-2-4-6-10/h2-8H,9H2,1H3. The second-order valence-corrected chi connectivity index (χ2v) is 3.71. The SMILES string of the molecule is COc1ccc([N+](=O)[O-])c(OCc2ccccc2)n1. The molecule has 0 fully saturated rings. The van der Waals surface area contributed by atoms with Crippen LogP contribution in [0.3, 0.4) is 0 Å². The van der Waals surface area contributed by atoms with Crippen LogP contribution in [-0.4, -0.2) is 17.0 Å². The molecule has 0 aliphatic rings. The summed E-state index contributed by atoms with van der Waals surface area (Å²) in [6, 6.07) is 12.1. The third-order valence-electron chi connectivity index (χ3n) is 2.44. The predicted octanol–water partition coefficient (Wildman–Crippen LogP) is 2.58. The minimum Gasteiger partial charge on any atom is -0.481 e. The summed E-state index contributed by atoms with van der Waals surface area (Å²) in [5.74, 6) is 0.224. The second-order valence-electron chi connectivity index (χ2n) is 3.71. The third kappa shape index (κ3) is 3.19. The molecular weight excluding hydrogens is 248 g/mol. The Labute approximate surface area is 109 Å². The lowest BCUT2D eigenvalue weighted by atomic mass is 10.2. The van der Waals surface area contributed by atoms with Crippen LogP contribution in [0.5, 0.6) is 11.8 Å². The van der Waals surface area contributed by atoms with Crippen molar-refractivity contribution in [2.24, 2.45) is 0 Å². The van der Waals surface area contributed by atoms with E-state index in [4.69, 9.17) is 9.47 Å². The Morgan fingerprint density at radius 1 is 1.21 bits per heavy atom. The van der Waals surface area contributed by atoms with Crippen LogP contribution in [0.15, 0.2) is 42.5 Å². The minimum atomic E-state index is -0.535. The van der Waals surface area contributed by atoms with Gasteiger partial charge in [0.1, 0.15) is 6.61 Å². The Bertz CT molecular complexity index is 572. The van der Waals surface area contributed by atoms with E-state index >= 15 is 0 Å². The molecule has 0 bridgehead atoms. The van der Waals surface area contributed by atoms with Crippen LogP contribution in [0.25, 0.3) is 0 Å². The Kier molecular flexibility index (Phi) is 3.92. The van der Waals surface area contributed by atoms with E-state index in [1.165, 1.54) is 19.2 Å². The van der Waals surface area contributed by atoms with E-state index in [0.29, 0.717) is 0 Å². The first-order valence-corrected chi connectivity index (χ1v) is 5.57. The average molecular weight is 260 g/mol. The molecule has 0 saturated carbocycles. The number of nitrogens with zero attached hydrogens (tertiary/aromatic N) is 2. The largest absolute Gasteiger partial charge is 0.481 e. The molecule has 0 amide bonds. The first kappa shape index (κ1) is 12.8. The van der Waals surface area contributed by atoms with Gasteiger partial charge >= 0.3 is 5.69 Å². The van der Waals surface area contributed by atoms with E-state index in [9.17, 15) is 10.1 Å². The Balaban J connectivity index is 2.20. The van der Waals surface area contributed by atoms with Crippen molar-refractivity contribution in [1.29, 1.82) is 0 Å². The van der Waals surface area contributed by atoms with Crippen LogP contribution < -0.4 is 9.47 Å². The summed E-state index contributed by atoms with van der Waals surface area (Å²) in [4.78, 5) is 14.3. The van der Waals surface area contributed by atoms with Gasteiger partial charge in [-0.2, -0.15) is 4.98 Å². The van der Waals surface area contributed by atoms with Crippen LogP contribution in [-0.2, 0) is 6.61 Å². The molecule has 0 aliphatic carbocycles. The van der Waals surface area contributed by atoms with E-state index in [1.807, 2.05) is 30.3 Å². The number of aromatic nitrogens is 1. The van der Waals surface area contributed by atoms with Crippen molar-refractivity contribution in [3.8, 4) is 11.8 Å². The first-order chi connectivity index (χ1) is 9.20. The van der Waals surface area contributed by atoms with Gasteiger partial charge in [0.2, 0.25) is 5.88 Å². The molecule has 19 heavy (non-hydrogen) atoms. The molecule has 0 aliphatic heterocycles. The monoisotopic (exact) mass is 260 g/mol. The van der Waals surface area contributed by atoms with E-state index in [1.54, 1.807) is 0 Å². The molecule has 0 unspecified atom stereocenters. The van der Waals surface area contributed by atoms with Crippen LogP contribution in [0.2, 0.25) is 0 Å². The zero-order valence-corrected chi connectivity index (χ0v) is 10.3. The molecular formula is C13H12N2O4. The highest BCUT2D eigenvalue weighted by Crippen LogP contribution is 2.27. The van der Waals surface area contributed by atoms with Crippen molar-refractivity contribution < 1.29 is 14.4 Å². The lowest BCUT2D eigenvalue weighted by Crippen LogP contribution is -2.02. The summed E-state index contributed by atoms with van der Waals surface area (Å²) in [7, 11) is 1.44. The normalized spacial score (nSPS) is 9.95. The van der Waals surface area contributed by atoms with Gasteiger partial charge in [-0.05, 0) is 5.56 Å². The van der Waals surface area contributed by atoms with Crippen LogP contribution in [0.4, 0.5) is 5.69 Å². The molecule has 0 saturated heterocycles. The van der Waals surface area contributed by atoms with Crippen LogP contribution in [0.1, 0.15) is 5.56 Å². The Morgan fingerprint density at radius 3 is 2.58 bits per heavy atom. The van der Waals surface area contributed by atoms with E-state index in [-0.39, 0.29) is 24.1 Å². The maximum Gasteiger partial charge on any atom is 0.331 e. The quantitative estimate of drug-likeness (QED) is 0.610. The summed E-state index contributed by atoms with van der Waals surface area (Å²) < 4.78 is 10.3. The zero-order chi connectivity index (χ0) is 13.7. The number of nitro groups is 1. The van der Waals surface area contributed by atoms with Gasteiger partial charge in [0.05, 0.1) is 12.0 Å². The number of methoxy groups -OCH3 is 1. The maximum absolute atomic E-state index is 10.9. The molecule has 1 heterocycles. The second kappa shape index (κ2) is 5.81. The molecule has 98 valence electrons. The predicted molar refractivity (Wildman–Crippen MR) is 68.2 cm³/mol. The molecule has 2 aromatic rings. The van der Waals surface area contributed by atoms with Gasteiger partial charge in [-0.3, -0.25) is 10.1 Å². The molecule has 0 N–H and O–H groups in total. The van der Waals surface area contributed by atoms with Crippen molar-refractivity contribution >= 4 is 5.69 Å². The van der Waals surface area contributed by atoms with E-state index in [2.05, 4.69) is 4.98 Å². The number of rotatable bonds is 5. The molecule has 2 rings (SSSR count). The van der Waals surface area contributed by atoms with Crippen LogP contribution >= 0.6 is 0 Å².